The second-order valence-electron chi connectivity index (χ2n) is 6.34. The molecule has 1 aromatic heterocycles. The van der Waals surface area contributed by atoms with Crippen LogP contribution in [0.1, 0.15) is 22.5 Å². The first-order valence-corrected chi connectivity index (χ1v) is 8.21. The summed E-state index contributed by atoms with van der Waals surface area (Å²) in [5.74, 6) is 0.711. The van der Waals surface area contributed by atoms with Crippen molar-refractivity contribution >= 4 is 21.8 Å². The molecule has 0 spiro atoms. The number of imidazole rings is 1. The number of hydrogen-bond acceptors (Lipinski definition) is 2. The molecule has 0 unspecified atom stereocenters. The molecular formula is C21H20N2O. The lowest BCUT2D eigenvalue weighted by molar-refractivity contribution is 0.267. The molecule has 0 radical (unpaired) electrons. The van der Waals surface area contributed by atoms with Gasteiger partial charge in [0.25, 0.3) is 0 Å². The van der Waals surface area contributed by atoms with Gasteiger partial charge < -0.3 is 9.67 Å². The fourth-order valence-corrected chi connectivity index (χ4v) is 3.33. The Morgan fingerprint density at radius 2 is 1.71 bits per heavy atom. The van der Waals surface area contributed by atoms with Crippen LogP contribution in [0.3, 0.4) is 0 Å². The standard InChI is InChI=1S/C21H20N2O/c1-14-10-19-20(11-15(14)2)23(21(13-24)22-19)12-17-8-5-7-16-6-3-4-9-18(16)17/h3-11,24H,12-13H2,1-2H3. The molecule has 0 atom stereocenters. The minimum Gasteiger partial charge on any atom is -0.388 e. The van der Waals surface area contributed by atoms with Crippen LogP contribution in [0, 0.1) is 13.8 Å². The van der Waals surface area contributed by atoms with Gasteiger partial charge in [0.05, 0.1) is 17.6 Å². The Kier molecular flexibility index (Phi) is 3.58. The number of aromatic nitrogens is 2. The summed E-state index contributed by atoms with van der Waals surface area (Å²) in [6.07, 6.45) is 0. The molecule has 1 heterocycles. The molecule has 0 saturated carbocycles. The van der Waals surface area contributed by atoms with Crippen LogP contribution in [0.15, 0.2) is 54.6 Å². The Balaban J connectivity index is 1.91. The van der Waals surface area contributed by atoms with E-state index in [9.17, 15) is 5.11 Å². The third-order valence-corrected chi connectivity index (χ3v) is 4.79. The summed E-state index contributed by atoms with van der Waals surface area (Å²) < 4.78 is 2.13. The van der Waals surface area contributed by atoms with E-state index in [0.29, 0.717) is 12.4 Å². The Bertz CT molecular complexity index is 1040. The van der Waals surface area contributed by atoms with Gasteiger partial charge in [0.15, 0.2) is 0 Å². The normalized spacial score (nSPS) is 11.5. The Morgan fingerprint density at radius 1 is 0.958 bits per heavy atom. The van der Waals surface area contributed by atoms with Gasteiger partial charge in [0, 0.05) is 0 Å². The van der Waals surface area contributed by atoms with Gasteiger partial charge in [0.1, 0.15) is 12.4 Å². The topological polar surface area (TPSA) is 38.1 Å². The van der Waals surface area contributed by atoms with E-state index in [2.05, 4.69) is 78.0 Å². The second-order valence-corrected chi connectivity index (χ2v) is 6.34. The first-order chi connectivity index (χ1) is 11.7. The predicted octanol–water partition coefficient (Wildman–Crippen LogP) is 4.35. The highest BCUT2D eigenvalue weighted by molar-refractivity contribution is 5.86. The van der Waals surface area contributed by atoms with Crippen molar-refractivity contribution in [2.75, 3.05) is 0 Å². The summed E-state index contributed by atoms with van der Waals surface area (Å²) in [6.45, 7) is 4.85. The summed E-state index contributed by atoms with van der Waals surface area (Å²) in [6, 6.07) is 19.0. The number of benzene rings is 3. The maximum Gasteiger partial charge on any atom is 0.136 e. The van der Waals surface area contributed by atoms with Crippen molar-refractivity contribution in [3.63, 3.8) is 0 Å². The van der Waals surface area contributed by atoms with Crippen LogP contribution >= 0.6 is 0 Å². The summed E-state index contributed by atoms with van der Waals surface area (Å²) in [5.41, 5.74) is 5.73. The molecule has 3 heteroatoms. The van der Waals surface area contributed by atoms with Crippen LogP contribution in [0.5, 0.6) is 0 Å². The molecule has 0 aliphatic rings. The molecule has 120 valence electrons. The van der Waals surface area contributed by atoms with Gasteiger partial charge in [-0.05, 0) is 53.4 Å². The van der Waals surface area contributed by atoms with Crippen LogP contribution in [-0.4, -0.2) is 14.7 Å². The minimum atomic E-state index is -0.0580. The van der Waals surface area contributed by atoms with Gasteiger partial charge in [-0.3, -0.25) is 0 Å². The molecule has 0 bridgehead atoms. The van der Waals surface area contributed by atoms with Gasteiger partial charge >= 0.3 is 0 Å². The van der Waals surface area contributed by atoms with E-state index < -0.39 is 0 Å². The van der Waals surface area contributed by atoms with Crippen molar-refractivity contribution in [3.05, 3.63) is 77.1 Å². The lowest BCUT2D eigenvalue weighted by Crippen LogP contribution is -2.05. The van der Waals surface area contributed by atoms with E-state index >= 15 is 0 Å². The fourth-order valence-electron chi connectivity index (χ4n) is 3.33. The molecular weight excluding hydrogens is 296 g/mol. The molecule has 24 heavy (non-hydrogen) atoms. The third-order valence-electron chi connectivity index (χ3n) is 4.79. The van der Waals surface area contributed by atoms with Crippen LogP contribution in [-0.2, 0) is 13.2 Å². The summed E-state index contributed by atoms with van der Waals surface area (Å²) >= 11 is 0. The molecule has 0 amide bonds. The predicted molar refractivity (Wildman–Crippen MR) is 98.2 cm³/mol. The second kappa shape index (κ2) is 5.77. The SMILES string of the molecule is Cc1cc2nc(CO)n(Cc3cccc4ccccc34)c2cc1C. The number of hydrogen-bond donors (Lipinski definition) is 1. The maximum absolute atomic E-state index is 9.77. The molecule has 3 nitrogen and oxygen atoms in total. The first-order valence-electron chi connectivity index (χ1n) is 8.21. The van der Waals surface area contributed by atoms with Crippen molar-refractivity contribution in [2.45, 2.75) is 27.0 Å². The average Bonchev–Trinajstić information content (AvgIpc) is 2.92. The van der Waals surface area contributed by atoms with Crippen LogP contribution in [0.4, 0.5) is 0 Å². The number of aliphatic hydroxyl groups is 1. The van der Waals surface area contributed by atoms with Gasteiger partial charge in [-0.25, -0.2) is 4.98 Å². The molecule has 0 aliphatic heterocycles. The van der Waals surface area contributed by atoms with Crippen LogP contribution in [0.2, 0.25) is 0 Å². The summed E-state index contributed by atoms with van der Waals surface area (Å²) in [4.78, 5) is 4.62. The van der Waals surface area contributed by atoms with Gasteiger partial charge in [-0.2, -0.15) is 0 Å². The van der Waals surface area contributed by atoms with Crippen LogP contribution in [0.25, 0.3) is 21.8 Å². The van der Waals surface area contributed by atoms with Gasteiger partial charge in [-0.1, -0.05) is 42.5 Å². The number of aryl methyl sites for hydroxylation is 2. The lowest BCUT2D eigenvalue weighted by atomic mass is 10.0. The van der Waals surface area contributed by atoms with Crippen molar-refractivity contribution in [1.29, 1.82) is 0 Å². The maximum atomic E-state index is 9.77. The largest absolute Gasteiger partial charge is 0.388 e. The summed E-state index contributed by atoms with van der Waals surface area (Å²) in [7, 11) is 0. The molecule has 0 aliphatic carbocycles. The van der Waals surface area contributed by atoms with E-state index in [-0.39, 0.29) is 6.61 Å². The molecule has 0 saturated heterocycles. The minimum absolute atomic E-state index is 0.0580. The molecule has 4 aromatic rings. The van der Waals surface area contributed by atoms with Crippen LogP contribution < -0.4 is 0 Å². The Hall–Kier alpha value is -2.65. The zero-order chi connectivity index (χ0) is 16.7. The van der Waals surface area contributed by atoms with Crippen molar-refractivity contribution in [3.8, 4) is 0 Å². The third kappa shape index (κ3) is 2.38. The average molecular weight is 316 g/mol. The van der Waals surface area contributed by atoms with E-state index in [0.717, 1.165) is 11.0 Å². The molecule has 4 rings (SSSR count). The Morgan fingerprint density at radius 3 is 2.54 bits per heavy atom. The monoisotopic (exact) mass is 316 g/mol. The number of nitrogens with zero attached hydrogens (tertiary/aromatic N) is 2. The fraction of sp³-hybridized carbons (Fsp3) is 0.190. The number of fused-ring (bicyclic) bond motifs is 2. The van der Waals surface area contributed by atoms with Crippen molar-refractivity contribution in [2.24, 2.45) is 0 Å². The smallest absolute Gasteiger partial charge is 0.136 e. The van der Waals surface area contributed by atoms with Gasteiger partial charge in [-0.15, -0.1) is 0 Å². The number of aliphatic hydroxyl groups excluding tert-OH is 1. The zero-order valence-corrected chi connectivity index (χ0v) is 14.0. The first kappa shape index (κ1) is 14.9. The van der Waals surface area contributed by atoms with Crippen molar-refractivity contribution in [1.82, 2.24) is 9.55 Å². The molecule has 3 aromatic carbocycles. The number of rotatable bonds is 3. The molecule has 1 N–H and O–H groups in total. The van der Waals surface area contributed by atoms with Crippen molar-refractivity contribution < 1.29 is 5.11 Å². The van der Waals surface area contributed by atoms with Gasteiger partial charge in [0.2, 0.25) is 0 Å². The highest BCUT2D eigenvalue weighted by atomic mass is 16.3. The Labute approximate surface area is 141 Å². The van der Waals surface area contributed by atoms with E-state index in [1.807, 2.05) is 0 Å². The quantitative estimate of drug-likeness (QED) is 0.610. The zero-order valence-electron chi connectivity index (χ0n) is 14.0. The van der Waals surface area contributed by atoms with E-state index in [1.54, 1.807) is 0 Å². The highest BCUT2D eigenvalue weighted by Gasteiger charge is 2.13. The molecule has 0 fully saturated rings. The summed E-state index contributed by atoms with van der Waals surface area (Å²) in [5, 5.41) is 12.2. The van der Waals surface area contributed by atoms with E-state index in [1.165, 1.54) is 27.5 Å². The highest BCUT2D eigenvalue weighted by Crippen LogP contribution is 2.25. The van der Waals surface area contributed by atoms with E-state index in [4.69, 9.17) is 0 Å². The lowest BCUT2D eigenvalue weighted by Gasteiger charge is -2.11.